The van der Waals surface area contributed by atoms with E-state index in [1.165, 1.54) is 0 Å². The zero-order valence-corrected chi connectivity index (χ0v) is 11.7. The van der Waals surface area contributed by atoms with Crippen LogP contribution in [0, 0.1) is 5.41 Å². The van der Waals surface area contributed by atoms with Gasteiger partial charge in [-0.3, -0.25) is 0 Å². The van der Waals surface area contributed by atoms with E-state index in [2.05, 4.69) is 5.32 Å². The minimum atomic E-state index is -0.732. The van der Waals surface area contributed by atoms with Gasteiger partial charge in [-0.2, -0.15) is 0 Å². The van der Waals surface area contributed by atoms with Gasteiger partial charge in [0, 0.05) is 18.5 Å². The second-order valence-corrected chi connectivity index (χ2v) is 5.65. The van der Waals surface area contributed by atoms with Crippen molar-refractivity contribution in [3.8, 4) is 5.75 Å². The number of aliphatic hydroxyl groups is 3. The van der Waals surface area contributed by atoms with Crippen molar-refractivity contribution in [2.45, 2.75) is 31.6 Å². The van der Waals surface area contributed by atoms with Crippen LogP contribution in [0.5, 0.6) is 5.75 Å². The molecule has 0 aromatic heterocycles. The molecule has 1 aliphatic carbocycles. The van der Waals surface area contributed by atoms with E-state index in [1.807, 2.05) is 24.3 Å². The minimum absolute atomic E-state index is 0.0310. The predicted octanol–water partition coefficient (Wildman–Crippen LogP) is 0.279. The van der Waals surface area contributed by atoms with Crippen LogP contribution in [0.2, 0.25) is 0 Å². The fraction of sp³-hybridized carbons (Fsp3) is 0.600. The molecule has 1 aromatic rings. The summed E-state index contributed by atoms with van der Waals surface area (Å²) in [6.07, 6.45) is -0.601. The first-order chi connectivity index (χ1) is 9.58. The van der Waals surface area contributed by atoms with E-state index in [0.717, 1.165) is 11.3 Å². The molecule has 20 heavy (non-hydrogen) atoms. The summed E-state index contributed by atoms with van der Waals surface area (Å²) in [6.45, 7) is 1.22. The van der Waals surface area contributed by atoms with Gasteiger partial charge in [-0.15, -0.1) is 0 Å². The van der Waals surface area contributed by atoms with Crippen molar-refractivity contribution in [3.05, 3.63) is 29.8 Å². The van der Waals surface area contributed by atoms with Gasteiger partial charge in [-0.05, 0) is 30.5 Å². The summed E-state index contributed by atoms with van der Waals surface area (Å²) in [5.74, 6) is 0.822. The van der Waals surface area contributed by atoms with E-state index in [0.29, 0.717) is 25.9 Å². The Morgan fingerprint density at radius 3 is 2.30 bits per heavy atom. The number of hydrogen-bond acceptors (Lipinski definition) is 5. The van der Waals surface area contributed by atoms with E-state index in [1.54, 1.807) is 7.11 Å². The predicted molar refractivity (Wildman–Crippen MR) is 75.5 cm³/mol. The maximum Gasteiger partial charge on any atom is 0.118 e. The third-order valence-corrected chi connectivity index (χ3v) is 4.05. The lowest BCUT2D eigenvalue weighted by molar-refractivity contribution is 0.0438. The quantitative estimate of drug-likeness (QED) is 0.602. The Hall–Kier alpha value is -1.14. The van der Waals surface area contributed by atoms with Gasteiger partial charge in [0.05, 0.1) is 25.9 Å². The normalized spacial score (nSPS) is 29.6. The molecule has 2 rings (SSSR count). The van der Waals surface area contributed by atoms with Crippen LogP contribution in [-0.2, 0) is 6.54 Å². The lowest BCUT2D eigenvalue weighted by atomic mass is 9.87. The van der Waals surface area contributed by atoms with Crippen LogP contribution in [-0.4, -0.2) is 47.8 Å². The van der Waals surface area contributed by atoms with E-state index >= 15 is 0 Å². The lowest BCUT2D eigenvalue weighted by Gasteiger charge is -2.26. The summed E-state index contributed by atoms with van der Waals surface area (Å²) in [5, 5.41) is 32.1. The van der Waals surface area contributed by atoms with Crippen LogP contribution < -0.4 is 10.1 Å². The highest BCUT2D eigenvalue weighted by atomic mass is 16.5. The second-order valence-electron chi connectivity index (χ2n) is 5.65. The van der Waals surface area contributed by atoms with E-state index in [9.17, 15) is 15.3 Å². The maximum absolute atomic E-state index is 9.64. The Morgan fingerprint density at radius 2 is 1.80 bits per heavy atom. The summed E-state index contributed by atoms with van der Waals surface area (Å²) in [6, 6.07) is 7.77. The van der Waals surface area contributed by atoms with Crippen molar-refractivity contribution >= 4 is 0 Å². The summed E-state index contributed by atoms with van der Waals surface area (Å²) < 4.78 is 5.10. The zero-order valence-electron chi connectivity index (χ0n) is 11.7. The van der Waals surface area contributed by atoms with Gasteiger partial charge in [0.1, 0.15) is 5.75 Å². The molecule has 5 nitrogen and oxygen atoms in total. The van der Waals surface area contributed by atoms with Crippen LogP contribution in [0.15, 0.2) is 24.3 Å². The SMILES string of the molecule is COc1ccc(CNCC2(CO)CC(O)C(O)C2)cc1. The molecule has 112 valence electrons. The molecule has 1 aromatic carbocycles. The molecule has 0 heterocycles. The van der Waals surface area contributed by atoms with Crippen molar-refractivity contribution in [1.29, 1.82) is 0 Å². The first-order valence-corrected chi connectivity index (χ1v) is 6.89. The van der Waals surface area contributed by atoms with Crippen LogP contribution in [0.1, 0.15) is 18.4 Å². The van der Waals surface area contributed by atoms with Crippen molar-refractivity contribution in [2.24, 2.45) is 5.41 Å². The molecule has 2 atom stereocenters. The molecule has 1 fully saturated rings. The van der Waals surface area contributed by atoms with Crippen molar-refractivity contribution in [2.75, 3.05) is 20.3 Å². The van der Waals surface area contributed by atoms with Gasteiger partial charge in [0.15, 0.2) is 0 Å². The first kappa shape index (κ1) is 15.3. The second kappa shape index (κ2) is 6.54. The number of nitrogens with one attached hydrogen (secondary N) is 1. The Balaban J connectivity index is 1.85. The van der Waals surface area contributed by atoms with E-state index in [4.69, 9.17) is 4.74 Å². The number of hydrogen-bond donors (Lipinski definition) is 4. The highest BCUT2D eigenvalue weighted by molar-refractivity contribution is 5.27. The number of methoxy groups -OCH3 is 1. The standard InChI is InChI=1S/C15H23NO4/c1-20-12-4-2-11(3-5-12)8-16-9-15(10-17)6-13(18)14(19)7-15/h2-5,13-14,16-19H,6-10H2,1H3. The Bertz CT molecular complexity index is 410. The topological polar surface area (TPSA) is 82.0 Å². The molecule has 0 bridgehead atoms. The third-order valence-electron chi connectivity index (χ3n) is 4.05. The van der Waals surface area contributed by atoms with E-state index in [-0.39, 0.29) is 6.61 Å². The van der Waals surface area contributed by atoms with Crippen molar-refractivity contribution in [3.63, 3.8) is 0 Å². The van der Waals surface area contributed by atoms with Crippen molar-refractivity contribution < 1.29 is 20.1 Å². The van der Waals surface area contributed by atoms with Gasteiger partial charge < -0.3 is 25.4 Å². The Morgan fingerprint density at radius 1 is 1.20 bits per heavy atom. The molecule has 0 saturated heterocycles. The summed E-state index contributed by atoms with van der Waals surface area (Å²) in [5.41, 5.74) is 0.698. The minimum Gasteiger partial charge on any atom is -0.497 e. The van der Waals surface area contributed by atoms with Crippen molar-refractivity contribution in [1.82, 2.24) is 5.32 Å². The average Bonchev–Trinajstić information content (AvgIpc) is 2.75. The molecule has 2 unspecified atom stereocenters. The molecule has 5 heteroatoms. The highest BCUT2D eigenvalue weighted by Crippen LogP contribution is 2.37. The lowest BCUT2D eigenvalue weighted by Crippen LogP contribution is -2.35. The van der Waals surface area contributed by atoms with E-state index < -0.39 is 17.6 Å². The molecule has 0 amide bonds. The molecule has 0 aliphatic heterocycles. The Labute approximate surface area is 119 Å². The third kappa shape index (κ3) is 3.49. The fourth-order valence-electron chi connectivity index (χ4n) is 2.79. The van der Waals surface area contributed by atoms with Gasteiger partial charge in [-0.1, -0.05) is 12.1 Å². The highest BCUT2D eigenvalue weighted by Gasteiger charge is 2.43. The number of ether oxygens (including phenoxy) is 1. The molecule has 4 N–H and O–H groups in total. The monoisotopic (exact) mass is 281 g/mol. The number of benzene rings is 1. The molecule has 0 radical (unpaired) electrons. The number of rotatable bonds is 6. The Kier molecular flexibility index (Phi) is 4.99. The largest absolute Gasteiger partial charge is 0.497 e. The molecule has 1 aliphatic rings. The van der Waals surface area contributed by atoms with Crippen LogP contribution in [0.3, 0.4) is 0 Å². The maximum atomic E-state index is 9.64. The number of aliphatic hydroxyl groups excluding tert-OH is 3. The first-order valence-electron chi connectivity index (χ1n) is 6.89. The summed E-state index contributed by atoms with van der Waals surface area (Å²) in [4.78, 5) is 0. The molecule has 1 saturated carbocycles. The fourth-order valence-corrected chi connectivity index (χ4v) is 2.79. The van der Waals surface area contributed by atoms with Gasteiger partial charge >= 0.3 is 0 Å². The van der Waals surface area contributed by atoms with Crippen LogP contribution >= 0.6 is 0 Å². The van der Waals surface area contributed by atoms with Gasteiger partial charge in [0.25, 0.3) is 0 Å². The molecular formula is C15H23NO4. The average molecular weight is 281 g/mol. The molecule has 0 spiro atoms. The van der Waals surface area contributed by atoms with Gasteiger partial charge in [-0.25, -0.2) is 0 Å². The molecular weight excluding hydrogens is 258 g/mol. The smallest absolute Gasteiger partial charge is 0.118 e. The van der Waals surface area contributed by atoms with Gasteiger partial charge in [0.2, 0.25) is 0 Å². The zero-order chi connectivity index (χ0) is 14.6. The summed E-state index contributed by atoms with van der Waals surface area (Å²) in [7, 11) is 1.63. The summed E-state index contributed by atoms with van der Waals surface area (Å²) >= 11 is 0. The van der Waals surface area contributed by atoms with Crippen LogP contribution in [0.4, 0.5) is 0 Å². The van der Waals surface area contributed by atoms with Crippen LogP contribution in [0.25, 0.3) is 0 Å².